The van der Waals surface area contributed by atoms with Crippen molar-refractivity contribution in [3.05, 3.63) is 18.2 Å². The van der Waals surface area contributed by atoms with Crippen molar-refractivity contribution < 1.29 is 18.6 Å². The van der Waals surface area contributed by atoms with Crippen molar-refractivity contribution in [1.82, 2.24) is 4.72 Å². The van der Waals surface area contributed by atoms with E-state index in [2.05, 4.69) is 4.72 Å². The van der Waals surface area contributed by atoms with Crippen LogP contribution in [0.15, 0.2) is 23.1 Å². The second kappa shape index (κ2) is 5.35. The number of hydrogen-bond acceptors (Lipinski definition) is 5. The van der Waals surface area contributed by atoms with Gasteiger partial charge < -0.3 is 15.9 Å². The van der Waals surface area contributed by atoms with Crippen LogP contribution in [0, 0.1) is 5.92 Å². The zero-order chi connectivity index (χ0) is 13.1. The predicted molar refractivity (Wildman–Crippen MR) is 64.0 cm³/mol. The number of nitrogen functional groups attached to an aromatic ring is 1. The SMILES string of the molecule is CC(CO)CNS(=O)(=O)c1ccc(O)c(N)c1. The lowest BCUT2D eigenvalue weighted by molar-refractivity contribution is 0.238. The molecule has 0 saturated carbocycles. The molecule has 0 aliphatic carbocycles. The first-order valence-corrected chi connectivity index (χ1v) is 6.54. The highest BCUT2D eigenvalue weighted by Crippen LogP contribution is 2.22. The van der Waals surface area contributed by atoms with E-state index < -0.39 is 10.0 Å². The molecule has 0 saturated heterocycles. The molecule has 1 rings (SSSR count). The van der Waals surface area contributed by atoms with Crippen molar-refractivity contribution in [2.75, 3.05) is 18.9 Å². The number of phenols is 1. The summed E-state index contributed by atoms with van der Waals surface area (Å²) in [5, 5.41) is 18.0. The van der Waals surface area contributed by atoms with Gasteiger partial charge in [-0.3, -0.25) is 0 Å². The van der Waals surface area contributed by atoms with Gasteiger partial charge in [0.2, 0.25) is 10.0 Å². The number of aliphatic hydroxyl groups excluding tert-OH is 1. The van der Waals surface area contributed by atoms with Crippen LogP contribution in [-0.4, -0.2) is 31.8 Å². The first kappa shape index (κ1) is 13.8. The number of phenolic OH excluding ortho intramolecular Hbond substituents is 1. The quantitative estimate of drug-likeness (QED) is 0.435. The minimum absolute atomic E-state index is 0.00285. The molecule has 5 N–H and O–H groups in total. The Morgan fingerprint density at radius 1 is 1.47 bits per heavy atom. The maximum Gasteiger partial charge on any atom is 0.240 e. The molecule has 0 aliphatic rings. The van der Waals surface area contributed by atoms with Gasteiger partial charge in [0.25, 0.3) is 0 Å². The summed E-state index contributed by atoms with van der Waals surface area (Å²) >= 11 is 0. The highest BCUT2D eigenvalue weighted by molar-refractivity contribution is 7.89. The van der Waals surface area contributed by atoms with Crippen molar-refractivity contribution in [3.8, 4) is 5.75 Å². The average molecular weight is 260 g/mol. The molecule has 1 atom stereocenters. The van der Waals surface area contributed by atoms with Crippen molar-refractivity contribution in [3.63, 3.8) is 0 Å². The van der Waals surface area contributed by atoms with Gasteiger partial charge >= 0.3 is 0 Å². The average Bonchev–Trinajstić information content (AvgIpc) is 2.29. The van der Waals surface area contributed by atoms with Gasteiger partial charge in [-0.1, -0.05) is 6.92 Å². The van der Waals surface area contributed by atoms with Gasteiger partial charge in [-0.15, -0.1) is 0 Å². The number of nitrogens with two attached hydrogens (primary N) is 1. The Bertz CT molecular complexity index is 487. The highest BCUT2D eigenvalue weighted by atomic mass is 32.2. The highest BCUT2D eigenvalue weighted by Gasteiger charge is 2.16. The Balaban J connectivity index is 2.86. The molecule has 0 amide bonds. The van der Waals surface area contributed by atoms with E-state index in [0.29, 0.717) is 0 Å². The smallest absolute Gasteiger partial charge is 0.240 e. The lowest BCUT2D eigenvalue weighted by Gasteiger charge is -2.11. The van der Waals surface area contributed by atoms with Crippen molar-refractivity contribution in [2.24, 2.45) is 5.92 Å². The number of benzene rings is 1. The van der Waals surface area contributed by atoms with Crippen LogP contribution >= 0.6 is 0 Å². The van der Waals surface area contributed by atoms with E-state index in [0.717, 1.165) is 0 Å². The van der Waals surface area contributed by atoms with Crippen LogP contribution in [0.5, 0.6) is 5.75 Å². The minimum Gasteiger partial charge on any atom is -0.506 e. The number of hydrogen-bond donors (Lipinski definition) is 4. The van der Waals surface area contributed by atoms with Gasteiger partial charge in [-0.05, 0) is 24.1 Å². The fourth-order valence-corrected chi connectivity index (χ4v) is 2.30. The molecule has 0 aliphatic heterocycles. The van der Waals surface area contributed by atoms with Crippen LogP contribution in [-0.2, 0) is 10.0 Å². The van der Waals surface area contributed by atoms with Crippen LogP contribution in [0.2, 0.25) is 0 Å². The topological polar surface area (TPSA) is 113 Å². The van der Waals surface area contributed by atoms with E-state index in [1.807, 2.05) is 0 Å². The molecule has 96 valence electrons. The van der Waals surface area contributed by atoms with Crippen LogP contribution in [0.4, 0.5) is 5.69 Å². The van der Waals surface area contributed by atoms with E-state index in [1.165, 1.54) is 18.2 Å². The summed E-state index contributed by atoms with van der Waals surface area (Å²) in [7, 11) is -3.66. The Kier molecular flexibility index (Phi) is 4.33. The standard InChI is InChI=1S/C10H16N2O4S/c1-7(6-13)5-12-17(15,16)8-2-3-10(14)9(11)4-8/h2-4,7,12-14H,5-6,11H2,1H3. The number of aliphatic hydroxyl groups is 1. The van der Waals surface area contributed by atoms with Crippen molar-refractivity contribution in [2.45, 2.75) is 11.8 Å². The maximum atomic E-state index is 11.8. The van der Waals surface area contributed by atoms with E-state index in [1.54, 1.807) is 6.92 Å². The van der Waals surface area contributed by atoms with E-state index >= 15 is 0 Å². The monoisotopic (exact) mass is 260 g/mol. The largest absolute Gasteiger partial charge is 0.506 e. The normalized spacial score (nSPS) is 13.5. The number of anilines is 1. The van der Waals surface area contributed by atoms with E-state index in [4.69, 9.17) is 10.8 Å². The number of sulfonamides is 1. The minimum atomic E-state index is -3.66. The molecule has 1 aromatic carbocycles. The summed E-state index contributed by atoms with van der Waals surface area (Å²) < 4.78 is 25.9. The fourth-order valence-electron chi connectivity index (χ4n) is 1.10. The first-order valence-electron chi connectivity index (χ1n) is 5.06. The molecule has 0 heterocycles. The van der Waals surface area contributed by atoms with Crippen LogP contribution in [0.1, 0.15) is 6.92 Å². The van der Waals surface area contributed by atoms with Crippen molar-refractivity contribution in [1.29, 1.82) is 0 Å². The van der Waals surface area contributed by atoms with Gasteiger partial charge in [-0.2, -0.15) is 0 Å². The summed E-state index contributed by atoms with van der Waals surface area (Å²) in [4.78, 5) is -0.0158. The van der Waals surface area contributed by atoms with E-state index in [-0.39, 0.29) is 35.4 Å². The maximum absolute atomic E-state index is 11.8. The summed E-state index contributed by atoms with van der Waals surface area (Å²) in [5.74, 6) is -0.327. The molecule has 0 radical (unpaired) electrons. The Labute approximate surface area is 100 Å². The molecule has 6 nitrogen and oxygen atoms in total. The summed E-state index contributed by atoms with van der Waals surface area (Å²) in [6.45, 7) is 1.76. The van der Waals surface area contributed by atoms with Crippen LogP contribution in [0.25, 0.3) is 0 Å². The molecule has 1 aromatic rings. The van der Waals surface area contributed by atoms with Crippen LogP contribution < -0.4 is 10.5 Å². The zero-order valence-electron chi connectivity index (χ0n) is 9.42. The van der Waals surface area contributed by atoms with Gasteiger partial charge in [0, 0.05) is 13.2 Å². The summed E-state index contributed by atoms with van der Waals surface area (Å²) in [5.41, 5.74) is 5.42. The number of nitrogens with one attached hydrogen (secondary N) is 1. The third-order valence-corrected chi connectivity index (χ3v) is 3.66. The van der Waals surface area contributed by atoms with Gasteiger partial charge in [-0.25, -0.2) is 13.1 Å². The molecular formula is C10H16N2O4S. The molecule has 0 spiro atoms. The number of rotatable bonds is 5. The van der Waals surface area contributed by atoms with Gasteiger partial charge in [0.15, 0.2) is 0 Å². The summed E-state index contributed by atoms with van der Waals surface area (Å²) in [6, 6.07) is 3.66. The number of aromatic hydroxyl groups is 1. The molecular weight excluding hydrogens is 244 g/mol. The Hall–Kier alpha value is -1.31. The lowest BCUT2D eigenvalue weighted by atomic mass is 10.2. The van der Waals surface area contributed by atoms with E-state index in [9.17, 15) is 13.5 Å². The van der Waals surface area contributed by atoms with Gasteiger partial charge in [0.05, 0.1) is 10.6 Å². The van der Waals surface area contributed by atoms with Crippen molar-refractivity contribution >= 4 is 15.7 Å². The second-order valence-electron chi connectivity index (χ2n) is 3.86. The zero-order valence-corrected chi connectivity index (χ0v) is 10.2. The Morgan fingerprint density at radius 3 is 2.65 bits per heavy atom. The van der Waals surface area contributed by atoms with Crippen LogP contribution in [0.3, 0.4) is 0 Å². The fraction of sp³-hybridized carbons (Fsp3) is 0.400. The third-order valence-electron chi connectivity index (χ3n) is 2.24. The summed E-state index contributed by atoms with van der Waals surface area (Å²) in [6.07, 6.45) is 0. The molecule has 0 aromatic heterocycles. The predicted octanol–water partition coefficient (Wildman–Crippen LogP) is -0.119. The Morgan fingerprint density at radius 2 is 2.12 bits per heavy atom. The lowest BCUT2D eigenvalue weighted by Crippen LogP contribution is -2.29. The molecule has 1 unspecified atom stereocenters. The molecule has 7 heteroatoms. The van der Waals surface area contributed by atoms with Gasteiger partial charge in [0.1, 0.15) is 5.75 Å². The molecule has 17 heavy (non-hydrogen) atoms. The molecule has 0 fully saturated rings. The second-order valence-corrected chi connectivity index (χ2v) is 5.63. The third kappa shape index (κ3) is 3.58. The first-order chi connectivity index (χ1) is 7.86. The molecule has 0 bridgehead atoms.